The van der Waals surface area contributed by atoms with Crippen LogP contribution in [-0.2, 0) is 4.74 Å². The molecule has 0 radical (unpaired) electrons. The second-order valence-electron chi connectivity index (χ2n) is 4.04. The van der Waals surface area contributed by atoms with Crippen LogP contribution in [0.2, 0.25) is 5.02 Å². The number of morpholine rings is 1. The number of benzene rings is 1. The van der Waals surface area contributed by atoms with Crippen molar-refractivity contribution in [3.63, 3.8) is 0 Å². The highest BCUT2D eigenvalue weighted by Gasteiger charge is 2.24. The van der Waals surface area contributed by atoms with E-state index in [4.69, 9.17) is 21.1 Å². The van der Waals surface area contributed by atoms with Crippen molar-refractivity contribution in [2.45, 2.75) is 13.0 Å². The highest BCUT2D eigenvalue weighted by atomic mass is 35.5. The van der Waals surface area contributed by atoms with Gasteiger partial charge in [-0.25, -0.2) is 0 Å². The molecule has 1 saturated heterocycles. The zero-order valence-electron chi connectivity index (χ0n) is 9.92. The van der Waals surface area contributed by atoms with Crippen molar-refractivity contribution < 1.29 is 14.6 Å². The summed E-state index contributed by atoms with van der Waals surface area (Å²) in [6.07, 6.45) is -0.0919. The smallest absolute Gasteiger partial charge is 0.179 e. The minimum Gasteiger partial charge on any atom is -0.504 e. The second-order valence-corrected chi connectivity index (χ2v) is 4.42. The van der Waals surface area contributed by atoms with Crippen LogP contribution in [0.5, 0.6) is 11.5 Å². The lowest BCUT2D eigenvalue weighted by molar-refractivity contribution is 0.0272. The van der Waals surface area contributed by atoms with Gasteiger partial charge in [0.15, 0.2) is 11.5 Å². The third-order valence-corrected chi connectivity index (χ3v) is 3.28. The van der Waals surface area contributed by atoms with Crippen LogP contribution in [-0.4, -0.2) is 31.9 Å². The van der Waals surface area contributed by atoms with Gasteiger partial charge in [-0.05, 0) is 18.6 Å². The average molecular weight is 258 g/mol. The third kappa shape index (κ3) is 2.34. The van der Waals surface area contributed by atoms with E-state index in [1.807, 2.05) is 6.92 Å². The Labute approximate surface area is 105 Å². The molecule has 1 aromatic carbocycles. The lowest BCUT2D eigenvalue weighted by atomic mass is 10.0. The summed E-state index contributed by atoms with van der Waals surface area (Å²) < 4.78 is 10.8. The maximum Gasteiger partial charge on any atom is 0.179 e. The van der Waals surface area contributed by atoms with Crippen molar-refractivity contribution in [3.05, 3.63) is 22.2 Å². The van der Waals surface area contributed by atoms with E-state index in [1.165, 1.54) is 7.11 Å². The number of phenols is 1. The maximum absolute atomic E-state index is 9.73. The predicted octanol–water partition coefficient (Wildman–Crippen LogP) is 2.02. The van der Waals surface area contributed by atoms with Gasteiger partial charge in [-0.15, -0.1) is 0 Å². The van der Waals surface area contributed by atoms with Crippen molar-refractivity contribution in [1.82, 2.24) is 5.32 Å². The zero-order chi connectivity index (χ0) is 12.4. The van der Waals surface area contributed by atoms with Crippen LogP contribution >= 0.6 is 11.6 Å². The molecular formula is C12H16ClNO3. The molecule has 17 heavy (non-hydrogen) atoms. The van der Waals surface area contributed by atoms with Crippen LogP contribution in [0.1, 0.15) is 17.2 Å². The first-order valence-corrected chi connectivity index (χ1v) is 5.91. The van der Waals surface area contributed by atoms with Crippen molar-refractivity contribution >= 4 is 11.6 Å². The van der Waals surface area contributed by atoms with E-state index >= 15 is 0 Å². The lowest BCUT2D eigenvalue weighted by Gasteiger charge is -2.26. The first kappa shape index (κ1) is 12.5. The Balaban J connectivity index is 2.44. The van der Waals surface area contributed by atoms with Gasteiger partial charge in [-0.1, -0.05) is 11.6 Å². The molecular weight excluding hydrogens is 242 g/mol. The average Bonchev–Trinajstić information content (AvgIpc) is 2.30. The van der Waals surface area contributed by atoms with Gasteiger partial charge in [-0.3, -0.25) is 0 Å². The summed E-state index contributed by atoms with van der Waals surface area (Å²) >= 11 is 6.26. The molecule has 0 amide bonds. The summed E-state index contributed by atoms with van der Waals surface area (Å²) in [6.45, 7) is 4.12. The Morgan fingerprint density at radius 2 is 2.35 bits per heavy atom. The Morgan fingerprint density at radius 1 is 1.59 bits per heavy atom. The molecule has 1 aromatic rings. The predicted molar refractivity (Wildman–Crippen MR) is 66.0 cm³/mol. The van der Waals surface area contributed by atoms with E-state index in [2.05, 4.69) is 5.32 Å². The molecule has 0 aromatic heterocycles. The molecule has 5 heteroatoms. The SMILES string of the molecule is COc1c(O)cc(C)c(C2CNCCO2)c1Cl. The van der Waals surface area contributed by atoms with E-state index < -0.39 is 0 Å². The molecule has 2 rings (SSSR count). The van der Waals surface area contributed by atoms with Gasteiger partial charge in [0.25, 0.3) is 0 Å². The Morgan fingerprint density at radius 3 is 2.94 bits per heavy atom. The van der Waals surface area contributed by atoms with Gasteiger partial charge in [0.1, 0.15) is 0 Å². The van der Waals surface area contributed by atoms with Gasteiger partial charge < -0.3 is 19.9 Å². The Hall–Kier alpha value is -0.970. The van der Waals surface area contributed by atoms with Gasteiger partial charge >= 0.3 is 0 Å². The van der Waals surface area contributed by atoms with E-state index in [1.54, 1.807) is 6.07 Å². The summed E-state index contributed by atoms with van der Waals surface area (Å²) in [5.41, 5.74) is 1.79. The van der Waals surface area contributed by atoms with E-state index in [-0.39, 0.29) is 11.9 Å². The number of phenolic OH excluding ortho intramolecular Hbond substituents is 1. The summed E-state index contributed by atoms with van der Waals surface area (Å²) in [4.78, 5) is 0. The molecule has 1 aliphatic rings. The Kier molecular flexibility index (Phi) is 3.76. The third-order valence-electron chi connectivity index (χ3n) is 2.90. The van der Waals surface area contributed by atoms with Crippen LogP contribution in [0.4, 0.5) is 0 Å². The van der Waals surface area contributed by atoms with Crippen molar-refractivity contribution in [2.24, 2.45) is 0 Å². The summed E-state index contributed by atoms with van der Waals surface area (Å²) in [5.74, 6) is 0.365. The molecule has 1 heterocycles. The molecule has 94 valence electrons. The number of hydrogen-bond acceptors (Lipinski definition) is 4. The van der Waals surface area contributed by atoms with Gasteiger partial charge in [0.2, 0.25) is 0 Å². The fourth-order valence-electron chi connectivity index (χ4n) is 2.10. The number of rotatable bonds is 2. The molecule has 1 unspecified atom stereocenters. The zero-order valence-corrected chi connectivity index (χ0v) is 10.7. The molecule has 2 N–H and O–H groups in total. The number of hydrogen-bond donors (Lipinski definition) is 2. The van der Waals surface area contributed by atoms with Crippen LogP contribution in [0.3, 0.4) is 0 Å². The van der Waals surface area contributed by atoms with Gasteiger partial charge in [-0.2, -0.15) is 0 Å². The van der Waals surface area contributed by atoms with Crippen molar-refractivity contribution in [1.29, 1.82) is 0 Å². The minimum atomic E-state index is -0.0919. The van der Waals surface area contributed by atoms with Crippen LogP contribution in [0.15, 0.2) is 6.07 Å². The Bertz CT molecular complexity index is 417. The van der Waals surface area contributed by atoms with Crippen LogP contribution < -0.4 is 10.1 Å². The van der Waals surface area contributed by atoms with E-state index in [9.17, 15) is 5.11 Å². The molecule has 0 saturated carbocycles. The monoisotopic (exact) mass is 257 g/mol. The first-order valence-electron chi connectivity index (χ1n) is 5.53. The number of ether oxygens (including phenoxy) is 2. The van der Waals surface area contributed by atoms with Crippen molar-refractivity contribution in [2.75, 3.05) is 26.8 Å². The lowest BCUT2D eigenvalue weighted by Crippen LogP contribution is -2.33. The van der Waals surface area contributed by atoms with Crippen LogP contribution in [0, 0.1) is 6.92 Å². The largest absolute Gasteiger partial charge is 0.504 e. The normalized spacial score (nSPS) is 20.3. The number of nitrogens with one attached hydrogen (secondary N) is 1. The van der Waals surface area contributed by atoms with Crippen LogP contribution in [0.25, 0.3) is 0 Å². The number of aromatic hydroxyl groups is 1. The second kappa shape index (κ2) is 5.12. The first-order chi connectivity index (χ1) is 8.15. The summed E-state index contributed by atoms with van der Waals surface area (Å²) in [6, 6.07) is 1.65. The summed E-state index contributed by atoms with van der Waals surface area (Å²) in [5, 5.41) is 13.4. The number of methoxy groups -OCH3 is 1. The molecule has 0 bridgehead atoms. The topological polar surface area (TPSA) is 50.7 Å². The fourth-order valence-corrected chi connectivity index (χ4v) is 2.54. The van der Waals surface area contributed by atoms with Gasteiger partial charge in [0.05, 0.1) is 24.8 Å². The highest BCUT2D eigenvalue weighted by Crippen LogP contribution is 2.42. The molecule has 0 spiro atoms. The van der Waals surface area contributed by atoms with E-state index in [0.717, 1.165) is 17.7 Å². The highest BCUT2D eigenvalue weighted by molar-refractivity contribution is 6.33. The quantitative estimate of drug-likeness (QED) is 0.851. The number of aryl methyl sites for hydroxylation is 1. The molecule has 1 fully saturated rings. The fraction of sp³-hybridized carbons (Fsp3) is 0.500. The number of halogens is 1. The summed E-state index contributed by atoms with van der Waals surface area (Å²) in [7, 11) is 1.49. The molecule has 4 nitrogen and oxygen atoms in total. The minimum absolute atomic E-state index is 0.0579. The standard InChI is InChI=1S/C12H16ClNO3/c1-7-5-8(15)12(16-2)11(13)10(7)9-6-14-3-4-17-9/h5,9,14-15H,3-4,6H2,1-2H3. The molecule has 0 aliphatic carbocycles. The maximum atomic E-state index is 9.73. The van der Waals surface area contributed by atoms with Gasteiger partial charge in [0, 0.05) is 18.7 Å². The molecule has 1 aliphatic heterocycles. The molecule has 1 atom stereocenters. The van der Waals surface area contributed by atoms with Crippen molar-refractivity contribution in [3.8, 4) is 11.5 Å². The van der Waals surface area contributed by atoms with E-state index in [0.29, 0.717) is 23.9 Å².